The summed E-state index contributed by atoms with van der Waals surface area (Å²) in [5.41, 5.74) is 1.72. The van der Waals surface area contributed by atoms with Crippen molar-refractivity contribution in [3.63, 3.8) is 0 Å². The SMILES string of the molecule is C/C=C/COc1ccc(OC(=O)c2ccc(C3CCC4CC(/C=C/C)CCC4C3)cc2)c(F)c1. The van der Waals surface area contributed by atoms with Gasteiger partial charge < -0.3 is 9.47 Å². The highest BCUT2D eigenvalue weighted by Crippen LogP contribution is 2.47. The molecule has 2 aromatic rings. The standard InChI is InChI=1S/C30H35FO3/c1-3-5-17-33-27-15-16-29(28(31)20-27)34-30(32)23-11-9-22(10-12-23)25-14-13-24-18-21(6-4-2)7-8-26(24)19-25/h3-6,9-12,15-16,20-21,24-26H,7-8,13-14,17-19H2,1-2H3/b5-3+,6-4+. The molecule has 0 aliphatic heterocycles. The van der Waals surface area contributed by atoms with Gasteiger partial charge in [-0.2, -0.15) is 0 Å². The number of hydrogen-bond acceptors (Lipinski definition) is 3. The van der Waals surface area contributed by atoms with E-state index in [2.05, 4.69) is 19.1 Å². The molecule has 4 unspecified atom stereocenters. The fraction of sp³-hybridized carbons (Fsp3) is 0.433. The van der Waals surface area contributed by atoms with Gasteiger partial charge in [-0.25, -0.2) is 9.18 Å². The maximum atomic E-state index is 14.4. The van der Waals surface area contributed by atoms with Crippen LogP contribution in [-0.4, -0.2) is 12.6 Å². The number of esters is 1. The minimum atomic E-state index is -0.621. The first-order chi connectivity index (χ1) is 16.6. The van der Waals surface area contributed by atoms with Gasteiger partial charge in [0.2, 0.25) is 0 Å². The number of halogens is 1. The normalized spacial score (nSPS) is 24.8. The summed E-state index contributed by atoms with van der Waals surface area (Å²) in [7, 11) is 0. The predicted molar refractivity (Wildman–Crippen MR) is 134 cm³/mol. The zero-order valence-corrected chi connectivity index (χ0v) is 20.2. The van der Waals surface area contributed by atoms with E-state index in [0.29, 0.717) is 23.8 Å². The van der Waals surface area contributed by atoms with Crippen molar-refractivity contribution in [1.29, 1.82) is 0 Å². The number of carbonyl (C=O) groups is 1. The molecule has 0 amide bonds. The van der Waals surface area contributed by atoms with E-state index in [9.17, 15) is 9.18 Å². The summed E-state index contributed by atoms with van der Waals surface area (Å²) in [5, 5.41) is 0. The number of rotatable bonds is 7. The second-order valence-corrected chi connectivity index (χ2v) is 9.61. The Hall–Kier alpha value is -2.88. The lowest BCUT2D eigenvalue weighted by Crippen LogP contribution is -2.30. The van der Waals surface area contributed by atoms with Gasteiger partial charge in [-0.3, -0.25) is 0 Å². The number of carbonyl (C=O) groups excluding carboxylic acids is 1. The first-order valence-corrected chi connectivity index (χ1v) is 12.6. The first-order valence-electron chi connectivity index (χ1n) is 12.6. The molecule has 2 fully saturated rings. The second kappa shape index (κ2) is 11.5. The van der Waals surface area contributed by atoms with Gasteiger partial charge in [-0.15, -0.1) is 0 Å². The van der Waals surface area contributed by atoms with E-state index in [1.54, 1.807) is 18.2 Å². The molecule has 180 valence electrons. The molecule has 4 heteroatoms. The highest BCUT2D eigenvalue weighted by molar-refractivity contribution is 5.91. The van der Waals surface area contributed by atoms with Crippen molar-refractivity contribution in [3.05, 3.63) is 83.7 Å². The molecule has 0 spiro atoms. The Morgan fingerprint density at radius 3 is 2.47 bits per heavy atom. The summed E-state index contributed by atoms with van der Waals surface area (Å²) in [6.07, 6.45) is 16.0. The van der Waals surface area contributed by atoms with E-state index in [1.807, 2.05) is 31.2 Å². The largest absolute Gasteiger partial charge is 0.489 e. The van der Waals surface area contributed by atoms with E-state index < -0.39 is 11.8 Å². The minimum absolute atomic E-state index is 0.0979. The van der Waals surface area contributed by atoms with Gasteiger partial charge in [0.1, 0.15) is 12.4 Å². The molecule has 0 bridgehead atoms. The third-order valence-corrected chi connectivity index (χ3v) is 7.42. The van der Waals surface area contributed by atoms with Gasteiger partial charge in [-0.1, -0.05) is 36.4 Å². The van der Waals surface area contributed by atoms with Gasteiger partial charge in [0.05, 0.1) is 5.56 Å². The zero-order chi connectivity index (χ0) is 23.9. The van der Waals surface area contributed by atoms with Gasteiger partial charge in [0.15, 0.2) is 11.6 Å². The van der Waals surface area contributed by atoms with Gasteiger partial charge in [0, 0.05) is 6.07 Å². The quantitative estimate of drug-likeness (QED) is 0.238. The van der Waals surface area contributed by atoms with E-state index in [1.165, 1.54) is 56.2 Å². The van der Waals surface area contributed by atoms with Crippen LogP contribution in [0.25, 0.3) is 0 Å². The number of benzene rings is 2. The Kier molecular flexibility index (Phi) is 8.21. The monoisotopic (exact) mass is 462 g/mol. The maximum Gasteiger partial charge on any atom is 0.343 e. The Balaban J connectivity index is 1.33. The molecule has 34 heavy (non-hydrogen) atoms. The van der Waals surface area contributed by atoms with Crippen molar-refractivity contribution < 1.29 is 18.7 Å². The van der Waals surface area contributed by atoms with Crippen LogP contribution < -0.4 is 9.47 Å². The van der Waals surface area contributed by atoms with Crippen LogP contribution in [0.5, 0.6) is 11.5 Å². The first kappa shape index (κ1) is 24.3. The molecule has 0 radical (unpaired) electrons. The van der Waals surface area contributed by atoms with Crippen molar-refractivity contribution in [1.82, 2.24) is 0 Å². The molecule has 0 saturated heterocycles. The fourth-order valence-electron chi connectivity index (χ4n) is 5.62. The van der Waals surface area contributed by atoms with Crippen molar-refractivity contribution in [3.8, 4) is 11.5 Å². The van der Waals surface area contributed by atoms with Crippen molar-refractivity contribution in [2.24, 2.45) is 17.8 Å². The topological polar surface area (TPSA) is 35.5 Å². The molecule has 0 aromatic heterocycles. The number of fused-ring (bicyclic) bond motifs is 1. The third kappa shape index (κ3) is 5.97. The minimum Gasteiger partial charge on any atom is -0.489 e. The Bertz CT molecular complexity index is 1020. The van der Waals surface area contributed by atoms with E-state index in [4.69, 9.17) is 9.47 Å². The number of ether oxygens (including phenoxy) is 2. The molecule has 2 aliphatic rings. The summed E-state index contributed by atoms with van der Waals surface area (Å²) in [6, 6.07) is 12.0. The highest BCUT2D eigenvalue weighted by atomic mass is 19.1. The van der Waals surface area contributed by atoms with Crippen LogP contribution in [0, 0.1) is 23.6 Å². The summed E-state index contributed by atoms with van der Waals surface area (Å²) in [6.45, 7) is 4.37. The smallest absolute Gasteiger partial charge is 0.343 e. The third-order valence-electron chi connectivity index (χ3n) is 7.42. The second-order valence-electron chi connectivity index (χ2n) is 9.61. The summed E-state index contributed by atoms with van der Waals surface area (Å²) >= 11 is 0. The van der Waals surface area contributed by atoms with Crippen molar-refractivity contribution in [2.75, 3.05) is 6.61 Å². The van der Waals surface area contributed by atoms with Crippen molar-refractivity contribution >= 4 is 5.97 Å². The molecular weight excluding hydrogens is 427 g/mol. The molecule has 0 N–H and O–H groups in total. The molecule has 4 atom stereocenters. The van der Waals surface area contributed by atoms with Crippen LogP contribution in [0.15, 0.2) is 66.8 Å². The molecule has 4 rings (SSSR count). The van der Waals surface area contributed by atoms with Gasteiger partial charge in [0.25, 0.3) is 0 Å². The van der Waals surface area contributed by atoms with E-state index in [0.717, 1.165) is 17.8 Å². The van der Waals surface area contributed by atoms with Crippen LogP contribution in [0.1, 0.15) is 74.2 Å². The van der Waals surface area contributed by atoms with Crippen LogP contribution >= 0.6 is 0 Å². The van der Waals surface area contributed by atoms with E-state index in [-0.39, 0.29) is 5.75 Å². The average molecular weight is 463 g/mol. The fourth-order valence-corrected chi connectivity index (χ4v) is 5.62. The molecule has 2 aromatic carbocycles. The highest BCUT2D eigenvalue weighted by Gasteiger charge is 2.35. The lowest BCUT2D eigenvalue weighted by atomic mass is 9.64. The van der Waals surface area contributed by atoms with Gasteiger partial charge in [-0.05, 0) is 106 Å². The Morgan fingerprint density at radius 2 is 1.74 bits per heavy atom. The molecular formula is C30H35FO3. The van der Waals surface area contributed by atoms with Gasteiger partial charge >= 0.3 is 5.97 Å². The average Bonchev–Trinajstić information content (AvgIpc) is 2.86. The van der Waals surface area contributed by atoms with E-state index >= 15 is 0 Å². The zero-order valence-electron chi connectivity index (χ0n) is 20.2. The lowest BCUT2D eigenvalue weighted by Gasteiger charge is -2.41. The number of hydrogen-bond donors (Lipinski definition) is 0. The Labute approximate surface area is 202 Å². The molecule has 0 heterocycles. The Morgan fingerprint density at radius 1 is 0.971 bits per heavy atom. The van der Waals surface area contributed by atoms with Crippen LogP contribution in [0.2, 0.25) is 0 Å². The summed E-state index contributed by atoms with van der Waals surface area (Å²) in [4.78, 5) is 12.6. The molecule has 3 nitrogen and oxygen atoms in total. The van der Waals surface area contributed by atoms with Crippen LogP contribution in [0.3, 0.4) is 0 Å². The molecule has 2 saturated carbocycles. The van der Waals surface area contributed by atoms with Crippen LogP contribution in [0.4, 0.5) is 4.39 Å². The maximum absolute atomic E-state index is 14.4. The number of allylic oxidation sites excluding steroid dienone is 3. The molecule has 2 aliphatic carbocycles. The summed E-state index contributed by atoms with van der Waals surface area (Å²) < 4.78 is 25.1. The van der Waals surface area contributed by atoms with Crippen LogP contribution in [-0.2, 0) is 0 Å². The predicted octanol–water partition coefficient (Wildman–Crippen LogP) is 7.88. The van der Waals surface area contributed by atoms with Crippen molar-refractivity contribution in [2.45, 2.75) is 58.3 Å². The lowest BCUT2D eigenvalue weighted by molar-refractivity contribution is 0.0727. The summed E-state index contributed by atoms with van der Waals surface area (Å²) in [5.74, 6) is 2.11.